The van der Waals surface area contributed by atoms with Crippen LogP contribution in [0.2, 0.25) is 0 Å². The maximum absolute atomic E-state index is 12.7. The van der Waals surface area contributed by atoms with E-state index in [1.54, 1.807) is 0 Å². The molecule has 0 spiro atoms. The summed E-state index contributed by atoms with van der Waals surface area (Å²) >= 11 is 0. The van der Waals surface area contributed by atoms with E-state index in [1.807, 2.05) is 0 Å². The van der Waals surface area contributed by atoms with Crippen molar-refractivity contribution >= 4 is 11.6 Å². The number of aryl methyl sites for hydroxylation is 1. The number of nitrogens with one attached hydrogen (secondary N) is 1. The highest BCUT2D eigenvalue weighted by Gasteiger charge is 2.40. The van der Waals surface area contributed by atoms with Crippen LogP contribution in [-0.4, -0.2) is 16.1 Å². The molecule has 0 atom stereocenters. The Labute approximate surface area is 105 Å². The molecule has 2 aromatic heterocycles. The van der Waals surface area contributed by atoms with E-state index in [1.165, 1.54) is 25.4 Å². The fourth-order valence-electron chi connectivity index (χ4n) is 1.46. The minimum Gasteiger partial charge on any atom is -0.456 e. The van der Waals surface area contributed by atoms with Crippen LogP contribution in [0.1, 0.15) is 21.9 Å². The predicted octanol–water partition coefficient (Wildman–Crippen LogP) is 2.65. The molecule has 0 unspecified atom stereocenters. The van der Waals surface area contributed by atoms with Gasteiger partial charge in [0, 0.05) is 0 Å². The van der Waals surface area contributed by atoms with Crippen molar-refractivity contribution in [2.75, 3.05) is 5.32 Å². The Morgan fingerprint density at radius 2 is 2.11 bits per heavy atom. The molecule has 0 aromatic carbocycles. The molecule has 0 saturated heterocycles. The lowest BCUT2D eigenvalue weighted by molar-refractivity contribution is -0.153. The summed E-state index contributed by atoms with van der Waals surface area (Å²) in [5, 5.41) is 9.27. The van der Waals surface area contributed by atoms with Crippen molar-refractivity contribution in [2.24, 2.45) is 0 Å². The van der Waals surface area contributed by atoms with E-state index in [4.69, 9.17) is 0 Å². The summed E-state index contributed by atoms with van der Waals surface area (Å²) in [4.78, 5) is 11.8. The summed E-state index contributed by atoms with van der Waals surface area (Å²) in [7, 11) is 0. The number of hydrogen-bond donors (Lipinski definition) is 1. The van der Waals surface area contributed by atoms with Gasteiger partial charge in [0.1, 0.15) is 5.76 Å². The van der Waals surface area contributed by atoms with Gasteiger partial charge in [-0.15, -0.1) is 0 Å². The zero-order valence-corrected chi connectivity index (χ0v) is 9.65. The number of hydrogen-bond acceptors (Lipinski definition) is 4. The number of carbonyl (C=O) groups is 1. The summed E-state index contributed by atoms with van der Waals surface area (Å²) in [6.07, 6.45) is -2.20. The van der Waals surface area contributed by atoms with Gasteiger partial charge in [0.2, 0.25) is 5.76 Å². The molecule has 0 aliphatic carbocycles. The average Bonchev–Trinajstić information content (AvgIpc) is 2.72. The molecule has 0 saturated carbocycles. The monoisotopic (exact) mass is 271 g/mol. The molecule has 2 aromatic rings. The smallest absolute Gasteiger partial charge is 0.450 e. The third kappa shape index (κ3) is 2.90. The number of alkyl halides is 3. The zero-order chi connectivity index (χ0) is 14.0. The number of furan rings is 1. The maximum Gasteiger partial charge on any atom is 0.450 e. The van der Waals surface area contributed by atoms with Gasteiger partial charge in [-0.2, -0.15) is 23.4 Å². The third-order valence-electron chi connectivity index (χ3n) is 2.20. The van der Waals surface area contributed by atoms with Crippen LogP contribution >= 0.6 is 0 Å². The first kappa shape index (κ1) is 13.1. The molecule has 0 bridgehead atoms. The zero-order valence-electron chi connectivity index (χ0n) is 9.65. The quantitative estimate of drug-likeness (QED) is 0.911. The molecule has 5 nitrogen and oxygen atoms in total. The number of nitrogens with zero attached hydrogens (tertiary/aromatic N) is 2. The number of rotatable bonds is 2. The van der Waals surface area contributed by atoms with Gasteiger partial charge < -0.3 is 9.73 Å². The normalized spacial score (nSPS) is 11.4. The molecular weight excluding hydrogens is 263 g/mol. The fraction of sp³-hybridized carbons (Fsp3) is 0.182. The first-order valence-corrected chi connectivity index (χ1v) is 5.13. The minimum atomic E-state index is -4.72. The molecule has 2 heterocycles. The highest BCUT2D eigenvalue weighted by molar-refractivity contribution is 6.05. The van der Waals surface area contributed by atoms with E-state index >= 15 is 0 Å². The van der Waals surface area contributed by atoms with Crippen molar-refractivity contribution in [3.8, 4) is 0 Å². The second-order valence-electron chi connectivity index (χ2n) is 3.68. The van der Waals surface area contributed by atoms with Crippen molar-refractivity contribution in [1.82, 2.24) is 10.2 Å². The molecule has 0 fully saturated rings. The van der Waals surface area contributed by atoms with E-state index in [9.17, 15) is 18.0 Å². The fourth-order valence-corrected chi connectivity index (χ4v) is 1.46. The van der Waals surface area contributed by atoms with Gasteiger partial charge in [0.05, 0.1) is 23.6 Å². The lowest BCUT2D eigenvalue weighted by Gasteiger charge is -2.06. The second-order valence-corrected chi connectivity index (χ2v) is 3.68. The number of aromatic nitrogens is 2. The van der Waals surface area contributed by atoms with Crippen LogP contribution in [0.3, 0.4) is 0 Å². The van der Waals surface area contributed by atoms with Crippen LogP contribution < -0.4 is 5.32 Å². The molecule has 1 N–H and O–H groups in total. The van der Waals surface area contributed by atoms with Gasteiger partial charge in [-0.1, -0.05) is 0 Å². The SMILES string of the molecule is Cc1cc(C(=O)Nc2ccnnc2)c(C(F)(F)F)o1. The molecule has 19 heavy (non-hydrogen) atoms. The van der Waals surface area contributed by atoms with E-state index in [0.717, 1.165) is 6.07 Å². The Balaban J connectivity index is 2.30. The van der Waals surface area contributed by atoms with Gasteiger partial charge in [-0.05, 0) is 19.1 Å². The van der Waals surface area contributed by atoms with Gasteiger partial charge in [0.15, 0.2) is 0 Å². The van der Waals surface area contributed by atoms with Gasteiger partial charge in [-0.3, -0.25) is 4.79 Å². The Morgan fingerprint density at radius 1 is 1.37 bits per heavy atom. The van der Waals surface area contributed by atoms with Crippen LogP contribution in [0.4, 0.5) is 18.9 Å². The first-order valence-electron chi connectivity index (χ1n) is 5.13. The largest absolute Gasteiger partial charge is 0.456 e. The maximum atomic E-state index is 12.7. The van der Waals surface area contributed by atoms with E-state index in [0.29, 0.717) is 0 Å². The molecule has 100 valence electrons. The Hall–Kier alpha value is -2.38. The predicted molar refractivity (Wildman–Crippen MR) is 58.4 cm³/mol. The van der Waals surface area contributed by atoms with E-state index in [2.05, 4.69) is 19.9 Å². The molecule has 0 radical (unpaired) electrons. The summed E-state index contributed by atoms with van der Waals surface area (Å²) < 4.78 is 42.5. The number of amides is 1. The van der Waals surface area contributed by atoms with E-state index < -0.39 is 23.4 Å². The van der Waals surface area contributed by atoms with Crippen molar-refractivity contribution in [2.45, 2.75) is 13.1 Å². The number of carbonyl (C=O) groups excluding carboxylic acids is 1. The first-order chi connectivity index (χ1) is 8.88. The third-order valence-corrected chi connectivity index (χ3v) is 2.20. The van der Waals surface area contributed by atoms with Crippen LogP contribution in [0.15, 0.2) is 28.9 Å². The van der Waals surface area contributed by atoms with Crippen LogP contribution in [0.25, 0.3) is 0 Å². The van der Waals surface area contributed by atoms with Crippen LogP contribution in [0.5, 0.6) is 0 Å². The summed E-state index contributed by atoms with van der Waals surface area (Å²) in [5.41, 5.74) is -0.325. The van der Waals surface area contributed by atoms with Gasteiger partial charge >= 0.3 is 6.18 Å². The van der Waals surface area contributed by atoms with Crippen molar-refractivity contribution in [3.63, 3.8) is 0 Å². The van der Waals surface area contributed by atoms with Crippen molar-refractivity contribution in [3.05, 3.63) is 41.6 Å². The minimum absolute atomic E-state index is 0.00493. The topological polar surface area (TPSA) is 68.0 Å². The number of halogens is 3. The lowest BCUT2D eigenvalue weighted by atomic mass is 10.2. The molecule has 2 rings (SSSR count). The lowest BCUT2D eigenvalue weighted by Crippen LogP contribution is -2.17. The second kappa shape index (κ2) is 4.71. The Kier molecular flexibility index (Phi) is 3.24. The Bertz CT molecular complexity index is 593. The molecule has 0 aliphatic heterocycles. The van der Waals surface area contributed by atoms with Gasteiger partial charge in [0.25, 0.3) is 5.91 Å². The molecule has 8 heteroatoms. The number of anilines is 1. The van der Waals surface area contributed by atoms with Crippen LogP contribution in [-0.2, 0) is 6.18 Å². The highest BCUT2D eigenvalue weighted by Crippen LogP contribution is 2.34. The van der Waals surface area contributed by atoms with E-state index in [-0.39, 0.29) is 11.4 Å². The summed E-state index contributed by atoms with van der Waals surface area (Å²) in [6.45, 7) is 1.33. The van der Waals surface area contributed by atoms with Crippen LogP contribution in [0, 0.1) is 6.92 Å². The standard InChI is InChI=1S/C11H8F3N3O2/c1-6-4-8(9(19-6)11(12,13)14)10(18)17-7-2-3-15-16-5-7/h2-5H,1H3,(H,15,17,18). The Morgan fingerprint density at radius 3 is 2.68 bits per heavy atom. The summed E-state index contributed by atoms with van der Waals surface area (Å²) in [5.74, 6) is -2.23. The average molecular weight is 271 g/mol. The van der Waals surface area contributed by atoms with Gasteiger partial charge in [-0.25, -0.2) is 0 Å². The highest BCUT2D eigenvalue weighted by atomic mass is 19.4. The molecule has 0 aliphatic rings. The van der Waals surface area contributed by atoms with Crippen molar-refractivity contribution < 1.29 is 22.4 Å². The molecule has 1 amide bonds. The summed E-state index contributed by atoms with van der Waals surface area (Å²) in [6, 6.07) is 2.44. The molecular formula is C11H8F3N3O2. The van der Waals surface area contributed by atoms with Crippen molar-refractivity contribution in [1.29, 1.82) is 0 Å².